The van der Waals surface area contributed by atoms with Crippen molar-refractivity contribution in [2.24, 2.45) is 11.7 Å². The Kier molecular flexibility index (Phi) is 3.57. The molecule has 2 rings (SSSR count). The highest BCUT2D eigenvalue weighted by Gasteiger charge is 2.43. The Labute approximate surface area is 107 Å². The maximum Gasteiger partial charge on any atom is 0.240 e. The Bertz CT molecular complexity index is 422. The summed E-state index contributed by atoms with van der Waals surface area (Å²) in [5, 5.41) is 12.0. The number of hydrogen-bond donors (Lipinski definition) is 3. The number of nitrogens with two attached hydrogens (primary N) is 1. The summed E-state index contributed by atoms with van der Waals surface area (Å²) in [6, 6.07) is 7.00. The van der Waals surface area contributed by atoms with Crippen LogP contribution < -0.4 is 11.1 Å². The lowest BCUT2D eigenvalue weighted by Crippen LogP contribution is -2.53. The highest BCUT2D eigenvalue weighted by molar-refractivity contribution is 5.86. The van der Waals surface area contributed by atoms with Crippen LogP contribution in [-0.2, 0) is 11.2 Å². The fourth-order valence-electron chi connectivity index (χ4n) is 2.04. The summed E-state index contributed by atoms with van der Waals surface area (Å²) in [5.41, 5.74) is 6.37. The van der Waals surface area contributed by atoms with Gasteiger partial charge in [0.1, 0.15) is 5.75 Å². The molecule has 0 heterocycles. The zero-order valence-corrected chi connectivity index (χ0v) is 10.6. The highest BCUT2D eigenvalue weighted by atomic mass is 16.3. The molecular weight excluding hydrogens is 228 g/mol. The number of rotatable bonds is 5. The first-order valence-electron chi connectivity index (χ1n) is 6.35. The number of amides is 1. The SMILES string of the molecule is CC(N)(C(=O)NCCc1ccc(O)cc1)C1CC1. The molecule has 1 atom stereocenters. The Balaban J connectivity index is 1.78. The molecule has 4 heteroatoms. The number of phenolic OH excluding ortho intramolecular Hbond substituents is 1. The van der Waals surface area contributed by atoms with Gasteiger partial charge in [-0.1, -0.05) is 12.1 Å². The monoisotopic (exact) mass is 248 g/mol. The van der Waals surface area contributed by atoms with Gasteiger partial charge in [-0.3, -0.25) is 4.79 Å². The summed E-state index contributed by atoms with van der Waals surface area (Å²) >= 11 is 0. The fraction of sp³-hybridized carbons (Fsp3) is 0.500. The van der Waals surface area contributed by atoms with Crippen molar-refractivity contribution in [1.29, 1.82) is 0 Å². The summed E-state index contributed by atoms with van der Waals surface area (Å²) in [6.07, 6.45) is 2.85. The second-order valence-corrected chi connectivity index (χ2v) is 5.23. The fourth-order valence-corrected chi connectivity index (χ4v) is 2.04. The molecule has 4 N–H and O–H groups in total. The maximum atomic E-state index is 11.9. The zero-order valence-electron chi connectivity index (χ0n) is 10.6. The maximum absolute atomic E-state index is 11.9. The highest BCUT2D eigenvalue weighted by Crippen LogP contribution is 2.38. The smallest absolute Gasteiger partial charge is 0.240 e. The van der Waals surface area contributed by atoms with E-state index >= 15 is 0 Å². The predicted octanol–water partition coefficient (Wildman–Crippen LogP) is 1.18. The minimum absolute atomic E-state index is 0.0659. The molecule has 1 fully saturated rings. The number of hydrogen-bond acceptors (Lipinski definition) is 3. The summed E-state index contributed by atoms with van der Waals surface area (Å²) in [6.45, 7) is 2.38. The van der Waals surface area contributed by atoms with Gasteiger partial charge in [-0.05, 0) is 49.8 Å². The van der Waals surface area contributed by atoms with Crippen molar-refractivity contribution in [3.05, 3.63) is 29.8 Å². The van der Waals surface area contributed by atoms with Crippen molar-refractivity contribution in [2.45, 2.75) is 31.7 Å². The van der Waals surface area contributed by atoms with Crippen LogP contribution in [0.25, 0.3) is 0 Å². The molecule has 1 aromatic rings. The quantitative estimate of drug-likeness (QED) is 0.732. The topological polar surface area (TPSA) is 75.4 Å². The van der Waals surface area contributed by atoms with Crippen LogP contribution in [0.2, 0.25) is 0 Å². The van der Waals surface area contributed by atoms with Gasteiger partial charge in [0, 0.05) is 6.54 Å². The molecule has 1 unspecified atom stereocenters. The number of carbonyl (C=O) groups excluding carboxylic acids is 1. The van der Waals surface area contributed by atoms with Gasteiger partial charge in [-0.2, -0.15) is 0 Å². The Hall–Kier alpha value is -1.55. The Morgan fingerprint density at radius 2 is 2.06 bits per heavy atom. The molecule has 18 heavy (non-hydrogen) atoms. The number of aromatic hydroxyl groups is 1. The van der Waals surface area contributed by atoms with Crippen molar-refractivity contribution in [1.82, 2.24) is 5.32 Å². The largest absolute Gasteiger partial charge is 0.508 e. The Morgan fingerprint density at radius 1 is 1.44 bits per heavy atom. The van der Waals surface area contributed by atoms with Gasteiger partial charge in [-0.25, -0.2) is 0 Å². The minimum atomic E-state index is -0.727. The molecule has 1 aromatic carbocycles. The molecule has 1 saturated carbocycles. The number of nitrogens with one attached hydrogen (secondary N) is 1. The molecule has 0 aromatic heterocycles. The molecule has 0 spiro atoms. The molecule has 0 saturated heterocycles. The van der Waals surface area contributed by atoms with Gasteiger partial charge in [0.15, 0.2) is 0 Å². The average molecular weight is 248 g/mol. The van der Waals surface area contributed by atoms with Crippen LogP contribution in [0.5, 0.6) is 5.75 Å². The van der Waals surface area contributed by atoms with Crippen LogP contribution in [0.15, 0.2) is 24.3 Å². The summed E-state index contributed by atoms with van der Waals surface area (Å²) in [4.78, 5) is 11.9. The van der Waals surface area contributed by atoms with Crippen LogP contribution in [-0.4, -0.2) is 23.1 Å². The van der Waals surface area contributed by atoms with E-state index in [0.29, 0.717) is 12.5 Å². The van der Waals surface area contributed by atoms with Gasteiger partial charge in [0.25, 0.3) is 0 Å². The van der Waals surface area contributed by atoms with Gasteiger partial charge in [0.2, 0.25) is 5.91 Å². The predicted molar refractivity (Wildman–Crippen MR) is 70.1 cm³/mol. The number of carbonyl (C=O) groups is 1. The van der Waals surface area contributed by atoms with E-state index in [1.165, 1.54) is 0 Å². The van der Waals surface area contributed by atoms with E-state index in [2.05, 4.69) is 5.32 Å². The molecule has 1 aliphatic carbocycles. The van der Waals surface area contributed by atoms with E-state index in [1.54, 1.807) is 19.1 Å². The van der Waals surface area contributed by atoms with Crippen LogP contribution in [0.1, 0.15) is 25.3 Å². The van der Waals surface area contributed by atoms with Gasteiger partial charge in [0.05, 0.1) is 5.54 Å². The normalized spacial score (nSPS) is 18.1. The first kappa shape index (κ1) is 12.9. The van der Waals surface area contributed by atoms with Gasteiger partial charge < -0.3 is 16.2 Å². The lowest BCUT2D eigenvalue weighted by molar-refractivity contribution is -0.126. The zero-order chi connectivity index (χ0) is 13.2. The average Bonchev–Trinajstić information content (AvgIpc) is 3.15. The van der Waals surface area contributed by atoms with Crippen molar-refractivity contribution in [2.75, 3.05) is 6.54 Å². The molecule has 0 radical (unpaired) electrons. The van der Waals surface area contributed by atoms with E-state index < -0.39 is 5.54 Å². The van der Waals surface area contributed by atoms with Crippen LogP contribution in [0.3, 0.4) is 0 Å². The second kappa shape index (κ2) is 4.98. The molecule has 0 aliphatic heterocycles. The van der Waals surface area contributed by atoms with E-state index in [1.807, 2.05) is 12.1 Å². The van der Waals surface area contributed by atoms with E-state index in [9.17, 15) is 4.79 Å². The third-order valence-corrected chi connectivity index (χ3v) is 3.55. The number of benzene rings is 1. The molecule has 1 amide bonds. The summed E-state index contributed by atoms with van der Waals surface area (Å²) < 4.78 is 0. The summed E-state index contributed by atoms with van der Waals surface area (Å²) in [5.74, 6) is 0.529. The molecular formula is C14H20N2O2. The first-order valence-corrected chi connectivity index (χ1v) is 6.35. The second-order valence-electron chi connectivity index (χ2n) is 5.23. The van der Waals surface area contributed by atoms with Crippen LogP contribution in [0.4, 0.5) is 0 Å². The van der Waals surface area contributed by atoms with Crippen LogP contribution >= 0.6 is 0 Å². The number of phenols is 1. The first-order chi connectivity index (χ1) is 8.50. The van der Waals surface area contributed by atoms with Crippen LogP contribution in [0, 0.1) is 5.92 Å². The van der Waals surface area contributed by atoms with Crippen molar-refractivity contribution in [3.63, 3.8) is 0 Å². The minimum Gasteiger partial charge on any atom is -0.508 e. The van der Waals surface area contributed by atoms with E-state index in [-0.39, 0.29) is 11.7 Å². The van der Waals surface area contributed by atoms with Gasteiger partial charge >= 0.3 is 0 Å². The van der Waals surface area contributed by atoms with E-state index in [4.69, 9.17) is 10.8 Å². The molecule has 98 valence electrons. The van der Waals surface area contributed by atoms with E-state index in [0.717, 1.165) is 24.8 Å². The molecule has 4 nitrogen and oxygen atoms in total. The third kappa shape index (κ3) is 3.01. The van der Waals surface area contributed by atoms with Crippen molar-refractivity contribution in [3.8, 4) is 5.75 Å². The lowest BCUT2D eigenvalue weighted by atomic mass is 9.96. The van der Waals surface area contributed by atoms with Crippen molar-refractivity contribution >= 4 is 5.91 Å². The van der Waals surface area contributed by atoms with Gasteiger partial charge in [-0.15, -0.1) is 0 Å². The summed E-state index contributed by atoms with van der Waals surface area (Å²) in [7, 11) is 0. The standard InChI is InChI=1S/C14H20N2O2/c1-14(15,11-4-5-11)13(18)16-9-8-10-2-6-12(17)7-3-10/h2-3,6-7,11,17H,4-5,8-9,15H2,1H3,(H,16,18). The lowest BCUT2D eigenvalue weighted by Gasteiger charge is -2.23. The Morgan fingerprint density at radius 3 is 2.61 bits per heavy atom. The molecule has 0 bridgehead atoms. The molecule has 1 aliphatic rings. The third-order valence-electron chi connectivity index (χ3n) is 3.55. The van der Waals surface area contributed by atoms with Crippen molar-refractivity contribution < 1.29 is 9.90 Å².